The second-order valence-electron chi connectivity index (χ2n) is 5.54. The van der Waals surface area contributed by atoms with Crippen LogP contribution in [-0.2, 0) is 14.3 Å². The minimum Gasteiger partial charge on any atom is -0.400 e. The fraction of sp³-hybridized carbons (Fsp3) is 0.0500. The number of halogens is 1. The van der Waals surface area contributed by atoms with Gasteiger partial charge in [0.05, 0.1) is 0 Å². The first-order chi connectivity index (χ1) is 12.5. The van der Waals surface area contributed by atoms with Gasteiger partial charge in [-0.1, -0.05) is 54.1 Å². The number of rotatable bonds is 4. The molecule has 2 aromatic rings. The molecule has 0 atom stereocenters. The number of nitrogens with one attached hydrogen (secondary N) is 1. The predicted octanol–water partition coefficient (Wildman–Crippen LogP) is 3.81. The van der Waals surface area contributed by atoms with Crippen molar-refractivity contribution in [2.75, 3.05) is 0 Å². The Kier molecular flexibility index (Phi) is 5.29. The van der Waals surface area contributed by atoms with Gasteiger partial charge in [-0.25, -0.2) is 9.79 Å². The Morgan fingerprint density at radius 3 is 2.54 bits per heavy atom. The van der Waals surface area contributed by atoms with E-state index in [0.29, 0.717) is 10.7 Å². The molecule has 1 aliphatic heterocycles. The summed E-state index contributed by atoms with van der Waals surface area (Å²) in [4.78, 5) is 27.9. The molecule has 1 aliphatic rings. The number of esters is 1. The lowest BCUT2D eigenvalue weighted by Gasteiger charge is -2.06. The topological polar surface area (TPSA) is 67.8 Å². The number of aliphatic imine (C=N–C) groups is 1. The fourth-order valence-electron chi connectivity index (χ4n) is 2.34. The van der Waals surface area contributed by atoms with Crippen LogP contribution < -0.4 is 5.32 Å². The lowest BCUT2D eigenvalue weighted by molar-refractivity contribution is -0.130. The van der Waals surface area contributed by atoms with Gasteiger partial charge in [-0.2, -0.15) is 0 Å². The molecule has 3 rings (SSSR count). The average molecular weight is 367 g/mol. The Labute approximate surface area is 155 Å². The minimum absolute atomic E-state index is 0.0438. The van der Waals surface area contributed by atoms with Crippen molar-refractivity contribution in [2.45, 2.75) is 6.92 Å². The van der Waals surface area contributed by atoms with Crippen LogP contribution in [0.25, 0.3) is 12.2 Å². The summed E-state index contributed by atoms with van der Waals surface area (Å²) < 4.78 is 5.24. The molecule has 0 bridgehead atoms. The summed E-state index contributed by atoms with van der Waals surface area (Å²) in [6.07, 6.45) is 3.27. The highest BCUT2D eigenvalue weighted by Crippen LogP contribution is 2.20. The molecule has 0 spiro atoms. The average Bonchev–Trinajstić information content (AvgIpc) is 2.96. The van der Waals surface area contributed by atoms with E-state index in [2.05, 4.69) is 10.3 Å². The lowest BCUT2D eigenvalue weighted by Crippen LogP contribution is -2.25. The van der Waals surface area contributed by atoms with Crippen molar-refractivity contribution in [3.8, 4) is 0 Å². The van der Waals surface area contributed by atoms with Crippen LogP contribution in [-0.4, -0.2) is 17.8 Å². The first kappa shape index (κ1) is 17.6. The molecule has 0 unspecified atom stereocenters. The first-order valence-electron chi connectivity index (χ1n) is 7.84. The third kappa shape index (κ3) is 4.46. The number of carbonyl (C=O) groups excluding carboxylic acids is 2. The molecular weight excluding hydrogens is 352 g/mol. The third-order valence-electron chi connectivity index (χ3n) is 3.42. The number of nitrogens with zero attached hydrogens (tertiary/aromatic N) is 1. The van der Waals surface area contributed by atoms with Gasteiger partial charge in [-0.3, -0.25) is 4.79 Å². The van der Waals surface area contributed by atoms with Gasteiger partial charge in [-0.15, -0.1) is 0 Å². The minimum atomic E-state index is -0.593. The number of carbonyl (C=O) groups is 2. The van der Waals surface area contributed by atoms with Crippen LogP contribution >= 0.6 is 11.6 Å². The van der Waals surface area contributed by atoms with Crippen molar-refractivity contribution < 1.29 is 14.3 Å². The standard InChI is InChI=1S/C20H15ClN2O3/c1-13(24)22-17(11-14-6-3-2-4-7-14)19-23-18(20(25)26-19)12-15-8-5-9-16(21)10-15/h2-12H,1H3,(H,22,24)/b17-11+,18-12+. The van der Waals surface area contributed by atoms with E-state index in [1.807, 2.05) is 30.3 Å². The molecule has 0 saturated carbocycles. The first-order valence-corrected chi connectivity index (χ1v) is 8.22. The van der Waals surface area contributed by atoms with Crippen LogP contribution in [0.15, 0.2) is 71.0 Å². The van der Waals surface area contributed by atoms with Gasteiger partial charge in [0.25, 0.3) is 0 Å². The van der Waals surface area contributed by atoms with E-state index < -0.39 is 5.97 Å². The Morgan fingerprint density at radius 2 is 1.85 bits per heavy atom. The van der Waals surface area contributed by atoms with E-state index in [1.165, 1.54) is 6.92 Å². The van der Waals surface area contributed by atoms with E-state index in [0.717, 1.165) is 11.1 Å². The maximum Gasteiger partial charge on any atom is 0.363 e. The Bertz CT molecular complexity index is 947. The van der Waals surface area contributed by atoms with Crippen LogP contribution in [0.3, 0.4) is 0 Å². The summed E-state index contributed by atoms with van der Waals surface area (Å²) in [5, 5.41) is 3.20. The maximum absolute atomic E-state index is 12.1. The number of cyclic esters (lactones) is 1. The smallest absolute Gasteiger partial charge is 0.363 e. The monoisotopic (exact) mass is 366 g/mol. The van der Waals surface area contributed by atoms with E-state index in [-0.39, 0.29) is 17.5 Å². The molecule has 5 nitrogen and oxygen atoms in total. The Hall–Kier alpha value is -3.18. The molecule has 0 radical (unpaired) electrons. The number of hydrogen-bond acceptors (Lipinski definition) is 4. The van der Waals surface area contributed by atoms with Gasteiger partial charge in [0, 0.05) is 11.9 Å². The molecule has 26 heavy (non-hydrogen) atoms. The largest absolute Gasteiger partial charge is 0.400 e. The summed E-state index contributed by atoms with van der Waals surface area (Å²) >= 11 is 5.96. The molecule has 0 saturated heterocycles. The quantitative estimate of drug-likeness (QED) is 0.660. The van der Waals surface area contributed by atoms with Gasteiger partial charge < -0.3 is 10.1 Å². The highest BCUT2D eigenvalue weighted by Gasteiger charge is 2.26. The van der Waals surface area contributed by atoms with Crippen molar-refractivity contribution in [1.82, 2.24) is 5.32 Å². The zero-order chi connectivity index (χ0) is 18.5. The van der Waals surface area contributed by atoms with Crippen LogP contribution in [0.5, 0.6) is 0 Å². The molecule has 0 fully saturated rings. The van der Waals surface area contributed by atoms with Crippen LogP contribution in [0.1, 0.15) is 18.1 Å². The number of benzene rings is 2. The van der Waals surface area contributed by atoms with Crippen molar-refractivity contribution in [3.63, 3.8) is 0 Å². The SMILES string of the molecule is CC(=O)N/C(=C/c1ccccc1)C1=N/C(=C/c2cccc(Cl)c2)C(=O)O1. The maximum atomic E-state index is 12.1. The van der Waals surface area contributed by atoms with Gasteiger partial charge in [0.2, 0.25) is 11.8 Å². The molecule has 1 heterocycles. The highest BCUT2D eigenvalue weighted by molar-refractivity contribution is 6.30. The number of hydrogen-bond donors (Lipinski definition) is 1. The molecule has 0 aliphatic carbocycles. The second-order valence-corrected chi connectivity index (χ2v) is 5.98. The van der Waals surface area contributed by atoms with Gasteiger partial charge in [0.1, 0.15) is 5.70 Å². The summed E-state index contributed by atoms with van der Waals surface area (Å²) in [7, 11) is 0. The van der Waals surface area contributed by atoms with Crippen LogP contribution in [0, 0.1) is 0 Å². The molecule has 1 N–H and O–H groups in total. The Morgan fingerprint density at radius 1 is 1.12 bits per heavy atom. The molecule has 2 aromatic carbocycles. The Balaban J connectivity index is 1.96. The molecule has 130 valence electrons. The molecule has 1 amide bonds. The van der Waals surface area contributed by atoms with E-state index in [9.17, 15) is 9.59 Å². The van der Waals surface area contributed by atoms with Crippen molar-refractivity contribution in [3.05, 3.63) is 82.1 Å². The summed E-state index contributed by atoms with van der Waals surface area (Å²) in [6.45, 7) is 1.37. The summed E-state index contributed by atoms with van der Waals surface area (Å²) in [6, 6.07) is 16.4. The van der Waals surface area contributed by atoms with Crippen LogP contribution in [0.4, 0.5) is 0 Å². The van der Waals surface area contributed by atoms with Gasteiger partial charge in [-0.05, 0) is 35.4 Å². The molecular formula is C20H15ClN2O3. The summed E-state index contributed by atoms with van der Waals surface area (Å²) in [5.74, 6) is -0.843. The fourth-order valence-corrected chi connectivity index (χ4v) is 2.53. The van der Waals surface area contributed by atoms with E-state index >= 15 is 0 Å². The number of ether oxygens (including phenoxy) is 1. The van der Waals surface area contributed by atoms with Crippen molar-refractivity contribution in [1.29, 1.82) is 0 Å². The van der Waals surface area contributed by atoms with Gasteiger partial charge in [0.15, 0.2) is 5.70 Å². The second kappa shape index (κ2) is 7.80. The zero-order valence-corrected chi connectivity index (χ0v) is 14.7. The van der Waals surface area contributed by atoms with Crippen LogP contribution in [0.2, 0.25) is 5.02 Å². The van der Waals surface area contributed by atoms with Crippen molar-refractivity contribution >= 4 is 41.5 Å². The predicted molar refractivity (Wildman–Crippen MR) is 101 cm³/mol. The summed E-state index contributed by atoms with van der Waals surface area (Å²) in [5.41, 5.74) is 2.00. The van der Waals surface area contributed by atoms with E-state index in [4.69, 9.17) is 16.3 Å². The number of amides is 1. The van der Waals surface area contributed by atoms with E-state index in [1.54, 1.807) is 36.4 Å². The van der Waals surface area contributed by atoms with Crippen molar-refractivity contribution in [2.24, 2.45) is 4.99 Å². The highest BCUT2D eigenvalue weighted by atomic mass is 35.5. The molecule has 0 aromatic heterocycles. The molecule has 6 heteroatoms. The van der Waals surface area contributed by atoms with Gasteiger partial charge >= 0.3 is 5.97 Å². The third-order valence-corrected chi connectivity index (χ3v) is 3.66. The zero-order valence-electron chi connectivity index (χ0n) is 13.9. The normalized spacial score (nSPS) is 15.6. The lowest BCUT2D eigenvalue weighted by atomic mass is 10.2.